The number of hydrogen-bond acceptors (Lipinski definition) is 2. The standard InChI is InChI=1S/C15H20BrN3/c1-4-17-11(2)15-9-18-19(12(15)3)10-13-6-5-7-14(16)8-13/h5-9,11,17H,4,10H2,1-3H3. The van der Waals surface area contributed by atoms with Gasteiger partial charge in [0.15, 0.2) is 0 Å². The summed E-state index contributed by atoms with van der Waals surface area (Å²) in [6.07, 6.45) is 1.97. The van der Waals surface area contributed by atoms with Crippen LogP contribution in [0.3, 0.4) is 0 Å². The minimum absolute atomic E-state index is 0.348. The molecule has 3 nitrogen and oxygen atoms in total. The summed E-state index contributed by atoms with van der Waals surface area (Å²) in [6.45, 7) is 8.21. The van der Waals surface area contributed by atoms with Crippen LogP contribution in [0.4, 0.5) is 0 Å². The smallest absolute Gasteiger partial charge is 0.0662 e. The van der Waals surface area contributed by atoms with Gasteiger partial charge in [0.2, 0.25) is 0 Å². The average Bonchev–Trinajstić information content (AvgIpc) is 2.71. The molecule has 1 aromatic carbocycles. The second-order valence-corrected chi connectivity index (χ2v) is 5.67. The first kappa shape index (κ1) is 14.3. The summed E-state index contributed by atoms with van der Waals surface area (Å²) in [5, 5.41) is 7.93. The molecule has 0 aliphatic heterocycles. The van der Waals surface area contributed by atoms with Crippen LogP contribution in [0.1, 0.15) is 36.7 Å². The number of benzene rings is 1. The monoisotopic (exact) mass is 321 g/mol. The highest BCUT2D eigenvalue weighted by Gasteiger charge is 2.12. The zero-order chi connectivity index (χ0) is 13.8. The molecule has 0 amide bonds. The predicted molar refractivity (Wildman–Crippen MR) is 82.3 cm³/mol. The minimum Gasteiger partial charge on any atom is -0.310 e. The first-order valence-electron chi connectivity index (χ1n) is 6.62. The SMILES string of the molecule is CCNC(C)c1cnn(Cc2cccc(Br)c2)c1C. The Morgan fingerprint density at radius 1 is 1.42 bits per heavy atom. The number of aromatic nitrogens is 2. The maximum Gasteiger partial charge on any atom is 0.0662 e. The van der Waals surface area contributed by atoms with E-state index in [1.807, 2.05) is 12.3 Å². The first-order valence-corrected chi connectivity index (χ1v) is 7.41. The van der Waals surface area contributed by atoms with Crippen molar-refractivity contribution in [1.82, 2.24) is 15.1 Å². The molecular weight excluding hydrogens is 302 g/mol. The van der Waals surface area contributed by atoms with Crippen LogP contribution in [0.5, 0.6) is 0 Å². The molecule has 0 bridgehead atoms. The van der Waals surface area contributed by atoms with Gasteiger partial charge < -0.3 is 5.32 Å². The summed E-state index contributed by atoms with van der Waals surface area (Å²) in [5.41, 5.74) is 3.76. The van der Waals surface area contributed by atoms with E-state index in [9.17, 15) is 0 Å². The molecule has 1 aromatic heterocycles. The third kappa shape index (κ3) is 3.45. The lowest BCUT2D eigenvalue weighted by Gasteiger charge is -2.12. The summed E-state index contributed by atoms with van der Waals surface area (Å²) in [7, 11) is 0. The van der Waals surface area contributed by atoms with Gasteiger partial charge in [0, 0.05) is 21.8 Å². The van der Waals surface area contributed by atoms with Crippen LogP contribution in [0.15, 0.2) is 34.9 Å². The Hall–Kier alpha value is -1.13. The molecule has 0 fully saturated rings. The van der Waals surface area contributed by atoms with E-state index in [1.165, 1.54) is 16.8 Å². The van der Waals surface area contributed by atoms with E-state index in [1.54, 1.807) is 0 Å². The molecule has 19 heavy (non-hydrogen) atoms. The number of nitrogens with one attached hydrogen (secondary N) is 1. The molecule has 0 spiro atoms. The van der Waals surface area contributed by atoms with Gasteiger partial charge in [-0.15, -0.1) is 0 Å². The fraction of sp³-hybridized carbons (Fsp3) is 0.400. The predicted octanol–water partition coefficient (Wildman–Crippen LogP) is 3.67. The molecule has 1 atom stereocenters. The molecule has 1 N–H and O–H groups in total. The molecule has 2 aromatic rings. The molecule has 0 saturated heterocycles. The molecule has 0 radical (unpaired) electrons. The fourth-order valence-corrected chi connectivity index (χ4v) is 2.72. The van der Waals surface area contributed by atoms with Crippen molar-refractivity contribution in [2.24, 2.45) is 0 Å². The molecule has 0 aliphatic rings. The van der Waals surface area contributed by atoms with Crippen molar-refractivity contribution in [3.63, 3.8) is 0 Å². The Kier molecular flexibility index (Phi) is 4.77. The summed E-state index contributed by atoms with van der Waals surface area (Å²) in [4.78, 5) is 0. The number of nitrogens with zero attached hydrogens (tertiary/aromatic N) is 2. The second-order valence-electron chi connectivity index (χ2n) is 4.75. The van der Waals surface area contributed by atoms with Crippen LogP contribution in [0.25, 0.3) is 0 Å². The third-order valence-electron chi connectivity index (χ3n) is 3.34. The zero-order valence-corrected chi connectivity index (χ0v) is 13.2. The fourth-order valence-electron chi connectivity index (χ4n) is 2.27. The summed E-state index contributed by atoms with van der Waals surface area (Å²) in [6, 6.07) is 8.70. The topological polar surface area (TPSA) is 29.9 Å². The van der Waals surface area contributed by atoms with Crippen molar-refractivity contribution in [1.29, 1.82) is 0 Å². The highest BCUT2D eigenvalue weighted by molar-refractivity contribution is 9.10. The normalized spacial score (nSPS) is 12.6. The summed E-state index contributed by atoms with van der Waals surface area (Å²) >= 11 is 3.50. The molecule has 1 unspecified atom stereocenters. The molecule has 0 aliphatic carbocycles. The van der Waals surface area contributed by atoms with Gasteiger partial charge in [0.25, 0.3) is 0 Å². The van der Waals surface area contributed by atoms with Crippen molar-refractivity contribution in [2.45, 2.75) is 33.4 Å². The Morgan fingerprint density at radius 3 is 2.89 bits per heavy atom. The van der Waals surface area contributed by atoms with E-state index in [4.69, 9.17) is 0 Å². The van der Waals surface area contributed by atoms with E-state index < -0.39 is 0 Å². The molecule has 2 rings (SSSR count). The van der Waals surface area contributed by atoms with Gasteiger partial charge in [-0.25, -0.2) is 0 Å². The van der Waals surface area contributed by atoms with E-state index in [0.717, 1.165) is 17.6 Å². The van der Waals surface area contributed by atoms with E-state index in [2.05, 4.69) is 70.0 Å². The van der Waals surface area contributed by atoms with Gasteiger partial charge in [-0.3, -0.25) is 4.68 Å². The molecule has 4 heteroatoms. The maximum absolute atomic E-state index is 4.51. The van der Waals surface area contributed by atoms with Gasteiger partial charge in [-0.2, -0.15) is 5.10 Å². The zero-order valence-electron chi connectivity index (χ0n) is 11.7. The van der Waals surface area contributed by atoms with Crippen LogP contribution in [0, 0.1) is 6.92 Å². The van der Waals surface area contributed by atoms with Crippen molar-refractivity contribution in [2.75, 3.05) is 6.54 Å². The van der Waals surface area contributed by atoms with Gasteiger partial charge in [0.1, 0.15) is 0 Å². The minimum atomic E-state index is 0.348. The Labute approximate surface area is 123 Å². The lowest BCUT2D eigenvalue weighted by atomic mass is 10.1. The maximum atomic E-state index is 4.51. The second kappa shape index (κ2) is 6.35. The van der Waals surface area contributed by atoms with Gasteiger partial charge in [0.05, 0.1) is 12.7 Å². The van der Waals surface area contributed by atoms with Crippen LogP contribution < -0.4 is 5.32 Å². The lowest BCUT2D eigenvalue weighted by molar-refractivity contribution is 0.590. The molecule has 102 valence electrons. The van der Waals surface area contributed by atoms with Crippen LogP contribution in [-0.2, 0) is 6.54 Å². The van der Waals surface area contributed by atoms with Crippen molar-refractivity contribution < 1.29 is 0 Å². The Bertz CT molecular complexity index is 548. The highest BCUT2D eigenvalue weighted by Crippen LogP contribution is 2.18. The van der Waals surface area contributed by atoms with Gasteiger partial charge in [-0.1, -0.05) is 35.0 Å². The van der Waals surface area contributed by atoms with Crippen molar-refractivity contribution in [3.8, 4) is 0 Å². The van der Waals surface area contributed by atoms with E-state index in [-0.39, 0.29) is 0 Å². The number of halogens is 1. The Morgan fingerprint density at radius 2 is 2.21 bits per heavy atom. The molecule has 1 heterocycles. The third-order valence-corrected chi connectivity index (χ3v) is 3.83. The van der Waals surface area contributed by atoms with Gasteiger partial charge in [-0.05, 0) is 38.1 Å². The lowest BCUT2D eigenvalue weighted by Crippen LogP contribution is -2.18. The Balaban J connectivity index is 2.18. The highest BCUT2D eigenvalue weighted by atomic mass is 79.9. The van der Waals surface area contributed by atoms with E-state index >= 15 is 0 Å². The molecule has 0 saturated carbocycles. The first-order chi connectivity index (χ1) is 9.11. The van der Waals surface area contributed by atoms with Crippen LogP contribution >= 0.6 is 15.9 Å². The summed E-state index contributed by atoms with van der Waals surface area (Å²) in [5.74, 6) is 0. The molecular formula is C15H20BrN3. The van der Waals surface area contributed by atoms with Crippen molar-refractivity contribution in [3.05, 3.63) is 51.8 Å². The number of hydrogen-bond donors (Lipinski definition) is 1. The van der Waals surface area contributed by atoms with E-state index in [0.29, 0.717) is 6.04 Å². The van der Waals surface area contributed by atoms with Crippen LogP contribution in [-0.4, -0.2) is 16.3 Å². The summed E-state index contributed by atoms with van der Waals surface area (Å²) < 4.78 is 3.17. The number of rotatable bonds is 5. The van der Waals surface area contributed by atoms with Crippen molar-refractivity contribution >= 4 is 15.9 Å². The van der Waals surface area contributed by atoms with Crippen LogP contribution in [0.2, 0.25) is 0 Å². The van der Waals surface area contributed by atoms with Gasteiger partial charge >= 0.3 is 0 Å². The largest absolute Gasteiger partial charge is 0.310 e. The quantitative estimate of drug-likeness (QED) is 0.910. The average molecular weight is 322 g/mol.